The predicted octanol–water partition coefficient (Wildman–Crippen LogP) is 3.09. The highest BCUT2D eigenvalue weighted by Gasteiger charge is 2.12. The highest BCUT2D eigenvalue weighted by molar-refractivity contribution is 5.80. The van der Waals surface area contributed by atoms with Crippen LogP contribution in [0.25, 0.3) is 0 Å². The molecule has 3 nitrogen and oxygen atoms in total. The van der Waals surface area contributed by atoms with E-state index in [0.29, 0.717) is 11.5 Å². The third kappa shape index (κ3) is 6.67. The Morgan fingerprint density at radius 3 is 2.50 bits per heavy atom. The molecule has 104 valence electrons. The number of hydrogen-bond donors (Lipinski definition) is 2. The molecule has 2 N–H and O–H groups in total. The van der Waals surface area contributed by atoms with Crippen molar-refractivity contribution in [2.45, 2.75) is 59.4 Å². The molecule has 0 saturated heterocycles. The Bertz CT molecular complexity index is 279. The molecule has 0 aliphatic heterocycles. The van der Waals surface area contributed by atoms with Gasteiger partial charge in [0, 0.05) is 19.1 Å². The first kappa shape index (κ1) is 15.1. The van der Waals surface area contributed by atoms with Crippen LogP contribution in [0.15, 0.2) is 17.1 Å². The summed E-state index contributed by atoms with van der Waals surface area (Å²) in [6, 6.07) is 0.533. The molecule has 0 saturated carbocycles. The fourth-order valence-corrected chi connectivity index (χ4v) is 2.05. The Kier molecular flexibility index (Phi) is 6.23. The van der Waals surface area contributed by atoms with Crippen LogP contribution < -0.4 is 10.6 Å². The Hall–Kier alpha value is -0.990. The van der Waals surface area contributed by atoms with Crippen molar-refractivity contribution >= 4 is 5.96 Å². The molecular weight excluding hydrogens is 222 g/mol. The second-order valence-corrected chi connectivity index (χ2v) is 6.21. The van der Waals surface area contributed by atoms with Crippen molar-refractivity contribution in [3.05, 3.63) is 12.2 Å². The molecular formula is C15H29N3. The smallest absolute Gasteiger partial charge is 0.191 e. The van der Waals surface area contributed by atoms with Crippen LogP contribution in [0.4, 0.5) is 0 Å². The van der Waals surface area contributed by atoms with Gasteiger partial charge in [0.05, 0.1) is 0 Å². The maximum absolute atomic E-state index is 4.65. The molecule has 0 unspecified atom stereocenters. The zero-order chi connectivity index (χ0) is 13.4. The maximum atomic E-state index is 4.65. The zero-order valence-electron chi connectivity index (χ0n) is 12.4. The van der Waals surface area contributed by atoms with Crippen molar-refractivity contribution in [1.29, 1.82) is 0 Å². The van der Waals surface area contributed by atoms with E-state index in [1.165, 1.54) is 6.42 Å². The largest absolute Gasteiger partial charge is 0.357 e. The first-order valence-electron chi connectivity index (χ1n) is 7.21. The molecule has 18 heavy (non-hydrogen) atoms. The van der Waals surface area contributed by atoms with E-state index in [4.69, 9.17) is 0 Å². The molecule has 1 rings (SSSR count). The second-order valence-electron chi connectivity index (χ2n) is 6.21. The van der Waals surface area contributed by atoms with E-state index in [-0.39, 0.29) is 0 Å². The number of aliphatic imine (C=N–C) groups is 1. The number of rotatable bonds is 5. The van der Waals surface area contributed by atoms with Crippen LogP contribution in [-0.4, -0.2) is 25.1 Å². The molecule has 0 heterocycles. The normalized spacial score (nSPS) is 17.2. The second kappa shape index (κ2) is 7.45. The fourth-order valence-electron chi connectivity index (χ4n) is 2.05. The standard InChI is InChI=1S/C15H29N3/c1-5-16-14(18-13-9-6-7-10-13)17-12-8-11-15(2,3)4/h6-7,13H,5,8-12H2,1-4H3,(H2,16,17,18). The molecule has 0 aromatic heterocycles. The van der Waals surface area contributed by atoms with Gasteiger partial charge in [-0.05, 0) is 38.0 Å². The lowest BCUT2D eigenvalue weighted by molar-refractivity contribution is 0.368. The summed E-state index contributed by atoms with van der Waals surface area (Å²) < 4.78 is 0. The molecule has 0 aromatic carbocycles. The van der Waals surface area contributed by atoms with Crippen LogP contribution in [0.1, 0.15) is 53.4 Å². The van der Waals surface area contributed by atoms with Crippen LogP contribution in [0.5, 0.6) is 0 Å². The molecule has 1 aliphatic carbocycles. The molecule has 0 aromatic rings. The van der Waals surface area contributed by atoms with E-state index in [1.807, 2.05) is 0 Å². The van der Waals surface area contributed by atoms with Gasteiger partial charge in [0.25, 0.3) is 0 Å². The lowest BCUT2D eigenvalue weighted by Gasteiger charge is -2.18. The minimum Gasteiger partial charge on any atom is -0.357 e. The Labute approximate surface area is 112 Å². The number of guanidine groups is 1. The maximum Gasteiger partial charge on any atom is 0.191 e. The Balaban J connectivity index is 2.30. The van der Waals surface area contributed by atoms with Crippen molar-refractivity contribution in [2.75, 3.05) is 13.1 Å². The van der Waals surface area contributed by atoms with E-state index in [0.717, 1.165) is 38.3 Å². The lowest BCUT2D eigenvalue weighted by atomic mass is 9.91. The molecule has 0 fully saturated rings. The fraction of sp³-hybridized carbons (Fsp3) is 0.800. The predicted molar refractivity (Wildman–Crippen MR) is 80.0 cm³/mol. The van der Waals surface area contributed by atoms with Gasteiger partial charge >= 0.3 is 0 Å². The van der Waals surface area contributed by atoms with Crippen molar-refractivity contribution in [1.82, 2.24) is 10.6 Å². The summed E-state index contributed by atoms with van der Waals surface area (Å²) in [6.45, 7) is 10.8. The molecule has 1 aliphatic rings. The summed E-state index contributed by atoms with van der Waals surface area (Å²) in [7, 11) is 0. The molecule has 0 bridgehead atoms. The average Bonchev–Trinajstić information content (AvgIpc) is 2.76. The topological polar surface area (TPSA) is 36.4 Å². The monoisotopic (exact) mass is 251 g/mol. The van der Waals surface area contributed by atoms with Gasteiger partial charge in [-0.15, -0.1) is 0 Å². The van der Waals surface area contributed by atoms with E-state index < -0.39 is 0 Å². The third-order valence-electron chi connectivity index (χ3n) is 3.05. The highest BCUT2D eigenvalue weighted by atomic mass is 15.2. The summed E-state index contributed by atoms with van der Waals surface area (Å²) >= 11 is 0. The van der Waals surface area contributed by atoms with Gasteiger partial charge in [0.1, 0.15) is 0 Å². The van der Waals surface area contributed by atoms with E-state index >= 15 is 0 Å². The Morgan fingerprint density at radius 1 is 1.28 bits per heavy atom. The van der Waals surface area contributed by atoms with Crippen molar-refractivity contribution in [3.8, 4) is 0 Å². The van der Waals surface area contributed by atoms with Crippen molar-refractivity contribution in [2.24, 2.45) is 10.4 Å². The van der Waals surface area contributed by atoms with Crippen LogP contribution in [0.3, 0.4) is 0 Å². The van der Waals surface area contributed by atoms with Gasteiger partial charge in [-0.3, -0.25) is 4.99 Å². The van der Waals surface area contributed by atoms with Crippen LogP contribution in [0, 0.1) is 5.41 Å². The van der Waals surface area contributed by atoms with E-state index in [9.17, 15) is 0 Å². The summed E-state index contributed by atoms with van der Waals surface area (Å²) in [6.07, 6.45) is 9.09. The van der Waals surface area contributed by atoms with Crippen molar-refractivity contribution < 1.29 is 0 Å². The Morgan fingerprint density at radius 2 is 1.94 bits per heavy atom. The first-order chi connectivity index (χ1) is 8.51. The van der Waals surface area contributed by atoms with Gasteiger partial charge in [0.2, 0.25) is 0 Å². The zero-order valence-corrected chi connectivity index (χ0v) is 12.4. The van der Waals surface area contributed by atoms with Crippen molar-refractivity contribution in [3.63, 3.8) is 0 Å². The molecule has 0 radical (unpaired) electrons. The van der Waals surface area contributed by atoms with E-state index in [2.05, 4.69) is 55.5 Å². The van der Waals surface area contributed by atoms with E-state index in [1.54, 1.807) is 0 Å². The average molecular weight is 251 g/mol. The van der Waals surface area contributed by atoms with Crippen LogP contribution >= 0.6 is 0 Å². The molecule has 0 amide bonds. The van der Waals surface area contributed by atoms with Crippen LogP contribution in [0.2, 0.25) is 0 Å². The first-order valence-corrected chi connectivity index (χ1v) is 7.21. The van der Waals surface area contributed by atoms with Gasteiger partial charge < -0.3 is 10.6 Å². The summed E-state index contributed by atoms with van der Waals surface area (Å²) in [4.78, 5) is 4.65. The molecule has 0 atom stereocenters. The minimum atomic E-state index is 0.413. The van der Waals surface area contributed by atoms with Crippen LogP contribution in [-0.2, 0) is 0 Å². The summed E-state index contributed by atoms with van der Waals surface area (Å²) in [5, 5.41) is 6.81. The van der Waals surface area contributed by atoms with Gasteiger partial charge in [-0.25, -0.2) is 0 Å². The van der Waals surface area contributed by atoms with Gasteiger partial charge in [0.15, 0.2) is 5.96 Å². The summed E-state index contributed by atoms with van der Waals surface area (Å²) in [5.41, 5.74) is 0.413. The quantitative estimate of drug-likeness (QED) is 0.341. The van der Waals surface area contributed by atoms with Gasteiger partial charge in [-0.2, -0.15) is 0 Å². The minimum absolute atomic E-state index is 0.413. The number of nitrogens with one attached hydrogen (secondary N) is 2. The third-order valence-corrected chi connectivity index (χ3v) is 3.05. The summed E-state index contributed by atoms with van der Waals surface area (Å²) in [5.74, 6) is 0.972. The SMILES string of the molecule is CCNC(=NCCCC(C)(C)C)NC1CC=CC1. The number of hydrogen-bond acceptors (Lipinski definition) is 1. The molecule has 0 spiro atoms. The van der Waals surface area contributed by atoms with Gasteiger partial charge in [-0.1, -0.05) is 32.9 Å². The number of nitrogens with zero attached hydrogens (tertiary/aromatic N) is 1. The lowest BCUT2D eigenvalue weighted by Crippen LogP contribution is -2.42. The highest BCUT2D eigenvalue weighted by Crippen LogP contribution is 2.20. The molecule has 3 heteroatoms.